The summed E-state index contributed by atoms with van der Waals surface area (Å²) in [6, 6.07) is 24.4. The van der Waals surface area contributed by atoms with Crippen molar-refractivity contribution < 1.29 is 0 Å². The van der Waals surface area contributed by atoms with Crippen molar-refractivity contribution in [2.45, 2.75) is 0 Å². The van der Waals surface area contributed by atoms with E-state index in [-0.39, 0.29) is 0 Å². The van der Waals surface area contributed by atoms with Crippen LogP contribution in [0, 0.1) is 0 Å². The van der Waals surface area contributed by atoms with E-state index in [0.29, 0.717) is 0 Å². The van der Waals surface area contributed by atoms with Crippen molar-refractivity contribution in [1.82, 2.24) is 9.97 Å². The largest absolute Gasteiger partial charge is 0.244 e. The summed E-state index contributed by atoms with van der Waals surface area (Å²) >= 11 is 0. The maximum absolute atomic E-state index is 4.91. The third kappa shape index (κ3) is 2.93. The highest BCUT2D eigenvalue weighted by Crippen LogP contribution is 2.31. The average Bonchev–Trinajstić information content (AvgIpc) is 2.73. The van der Waals surface area contributed by atoms with Gasteiger partial charge in [0.1, 0.15) is 0 Å². The van der Waals surface area contributed by atoms with Crippen LogP contribution in [0.3, 0.4) is 0 Å². The van der Waals surface area contributed by atoms with E-state index in [0.717, 1.165) is 44.7 Å². The molecule has 0 unspecified atom stereocenters. The van der Waals surface area contributed by atoms with E-state index in [1.165, 1.54) is 0 Å². The molecule has 0 atom stereocenters. The first-order chi connectivity index (χ1) is 12.8. The van der Waals surface area contributed by atoms with Gasteiger partial charge in [-0.05, 0) is 23.3 Å². The molecule has 1 aromatic heterocycles. The number of benzene rings is 3. The molecule has 0 saturated heterocycles. The molecule has 3 aromatic carbocycles. The zero-order valence-electron chi connectivity index (χ0n) is 14.4. The standard InChI is InChI=1S/C24H18N2/c1-3-17-9-13-19(14-10-17)23-24(20-15-11-18(4-2)12-16-20)26-22-8-6-5-7-21(22)25-23/h3-16H,1-2H2. The molecule has 0 saturated carbocycles. The van der Waals surface area contributed by atoms with Crippen LogP contribution in [0.5, 0.6) is 0 Å². The van der Waals surface area contributed by atoms with Gasteiger partial charge in [-0.3, -0.25) is 0 Å². The van der Waals surface area contributed by atoms with E-state index < -0.39 is 0 Å². The second-order valence-corrected chi connectivity index (χ2v) is 6.06. The molecular formula is C24H18N2. The van der Waals surface area contributed by atoms with Crippen LogP contribution >= 0.6 is 0 Å². The summed E-state index contributed by atoms with van der Waals surface area (Å²) in [4.78, 5) is 9.82. The Morgan fingerprint density at radius 2 is 0.923 bits per heavy atom. The minimum atomic E-state index is 0.880. The number of hydrogen-bond donors (Lipinski definition) is 0. The SMILES string of the molecule is C=Cc1ccc(-c2nc3ccccc3nc2-c2ccc(C=C)cc2)cc1. The Kier molecular flexibility index (Phi) is 4.16. The summed E-state index contributed by atoms with van der Waals surface area (Å²) in [7, 11) is 0. The smallest absolute Gasteiger partial charge is 0.0973 e. The lowest BCUT2D eigenvalue weighted by Crippen LogP contribution is -1.95. The number of para-hydroxylation sites is 2. The van der Waals surface area contributed by atoms with Gasteiger partial charge < -0.3 is 0 Å². The van der Waals surface area contributed by atoms with Crippen LogP contribution in [0.25, 0.3) is 45.7 Å². The van der Waals surface area contributed by atoms with Gasteiger partial charge in [0.15, 0.2) is 0 Å². The van der Waals surface area contributed by atoms with Crippen molar-refractivity contribution in [3.63, 3.8) is 0 Å². The second-order valence-electron chi connectivity index (χ2n) is 6.06. The van der Waals surface area contributed by atoms with Crippen molar-refractivity contribution in [2.75, 3.05) is 0 Å². The molecule has 0 N–H and O–H groups in total. The van der Waals surface area contributed by atoms with E-state index >= 15 is 0 Å². The monoisotopic (exact) mass is 334 g/mol. The normalized spacial score (nSPS) is 10.6. The van der Waals surface area contributed by atoms with Gasteiger partial charge in [0.2, 0.25) is 0 Å². The summed E-state index contributed by atoms with van der Waals surface area (Å²) < 4.78 is 0. The Hall–Kier alpha value is -3.52. The summed E-state index contributed by atoms with van der Waals surface area (Å²) in [5.41, 5.74) is 7.78. The topological polar surface area (TPSA) is 25.8 Å². The number of fused-ring (bicyclic) bond motifs is 1. The zero-order chi connectivity index (χ0) is 17.9. The quantitative estimate of drug-likeness (QED) is 0.441. The van der Waals surface area contributed by atoms with Crippen LogP contribution in [-0.4, -0.2) is 9.97 Å². The average molecular weight is 334 g/mol. The Labute approximate surface area is 153 Å². The molecule has 0 aliphatic heterocycles. The third-order valence-corrected chi connectivity index (χ3v) is 4.41. The van der Waals surface area contributed by atoms with E-state index in [1.54, 1.807) is 0 Å². The molecule has 1 heterocycles. The molecule has 0 amide bonds. The van der Waals surface area contributed by atoms with Gasteiger partial charge in [0, 0.05) is 11.1 Å². The van der Waals surface area contributed by atoms with Crippen molar-refractivity contribution in [2.24, 2.45) is 0 Å². The van der Waals surface area contributed by atoms with E-state index in [2.05, 4.69) is 37.4 Å². The first-order valence-electron chi connectivity index (χ1n) is 8.51. The van der Waals surface area contributed by atoms with Gasteiger partial charge in [0.25, 0.3) is 0 Å². The maximum Gasteiger partial charge on any atom is 0.0973 e. The molecule has 2 nitrogen and oxygen atoms in total. The molecule has 4 rings (SSSR count). The van der Waals surface area contributed by atoms with Crippen molar-refractivity contribution in [3.8, 4) is 22.5 Å². The first kappa shape index (κ1) is 16.0. The minimum Gasteiger partial charge on any atom is -0.244 e. The van der Waals surface area contributed by atoms with Gasteiger partial charge in [-0.25, -0.2) is 9.97 Å². The lowest BCUT2D eigenvalue weighted by Gasteiger charge is -2.11. The second kappa shape index (κ2) is 6.77. The summed E-state index contributed by atoms with van der Waals surface area (Å²) in [6.45, 7) is 7.64. The maximum atomic E-state index is 4.91. The van der Waals surface area contributed by atoms with Crippen LogP contribution in [0.15, 0.2) is 86.0 Å². The first-order valence-corrected chi connectivity index (χ1v) is 8.51. The van der Waals surface area contributed by atoms with Crippen LogP contribution in [0.2, 0.25) is 0 Å². The minimum absolute atomic E-state index is 0.880. The number of nitrogens with zero attached hydrogens (tertiary/aromatic N) is 2. The van der Waals surface area contributed by atoms with Crippen LogP contribution < -0.4 is 0 Å². The van der Waals surface area contributed by atoms with Gasteiger partial charge in [-0.2, -0.15) is 0 Å². The Morgan fingerprint density at radius 3 is 1.27 bits per heavy atom. The van der Waals surface area contributed by atoms with E-state index in [9.17, 15) is 0 Å². The van der Waals surface area contributed by atoms with Crippen molar-refractivity contribution in [3.05, 3.63) is 97.1 Å². The van der Waals surface area contributed by atoms with Crippen LogP contribution in [0.4, 0.5) is 0 Å². The molecule has 0 fully saturated rings. The zero-order valence-corrected chi connectivity index (χ0v) is 14.4. The van der Waals surface area contributed by atoms with Gasteiger partial charge >= 0.3 is 0 Å². The molecule has 0 bridgehead atoms. The van der Waals surface area contributed by atoms with E-state index in [4.69, 9.17) is 9.97 Å². The molecular weight excluding hydrogens is 316 g/mol. The molecule has 4 aromatic rings. The number of rotatable bonds is 4. The molecule has 0 spiro atoms. The highest BCUT2D eigenvalue weighted by molar-refractivity contribution is 5.86. The van der Waals surface area contributed by atoms with E-state index in [1.807, 2.05) is 60.7 Å². The third-order valence-electron chi connectivity index (χ3n) is 4.41. The van der Waals surface area contributed by atoms with Gasteiger partial charge in [-0.15, -0.1) is 0 Å². The summed E-state index contributed by atoms with van der Waals surface area (Å²) in [5.74, 6) is 0. The predicted octanol–water partition coefficient (Wildman–Crippen LogP) is 6.25. The van der Waals surface area contributed by atoms with Gasteiger partial charge in [0.05, 0.1) is 22.4 Å². The van der Waals surface area contributed by atoms with Gasteiger partial charge in [-0.1, -0.05) is 86.0 Å². The van der Waals surface area contributed by atoms with Crippen molar-refractivity contribution in [1.29, 1.82) is 0 Å². The summed E-state index contributed by atoms with van der Waals surface area (Å²) in [6.07, 6.45) is 3.68. The predicted molar refractivity (Wildman–Crippen MR) is 111 cm³/mol. The molecule has 2 heteroatoms. The molecule has 0 radical (unpaired) electrons. The number of aromatic nitrogens is 2. The molecule has 26 heavy (non-hydrogen) atoms. The number of hydrogen-bond acceptors (Lipinski definition) is 2. The van der Waals surface area contributed by atoms with Crippen LogP contribution in [0.1, 0.15) is 11.1 Å². The lowest BCUT2D eigenvalue weighted by molar-refractivity contribution is 1.29. The summed E-state index contributed by atoms with van der Waals surface area (Å²) in [5, 5.41) is 0. The molecule has 124 valence electrons. The fourth-order valence-electron chi connectivity index (χ4n) is 2.96. The molecule has 0 aliphatic rings. The van der Waals surface area contributed by atoms with Crippen molar-refractivity contribution >= 4 is 23.2 Å². The Balaban J connectivity index is 1.95. The Bertz CT molecular complexity index is 1000. The molecule has 0 aliphatic carbocycles. The fourth-order valence-corrected chi connectivity index (χ4v) is 2.96. The lowest BCUT2D eigenvalue weighted by atomic mass is 10.0. The highest BCUT2D eigenvalue weighted by Gasteiger charge is 2.13. The highest BCUT2D eigenvalue weighted by atomic mass is 14.8. The van der Waals surface area contributed by atoms with Crippen LogP contribution in [-0.2, 0) is 0 Å². The fraction of sp³-hybridized carbons (Fsp3) is 0. The Morgan fingerprint density at radius 1 is 0.538 bits per heavy atom.